The second-order valence-corrected chi connectivity index (χ2v) is 4.58. The van der Waals surface area contributed by atoms with Crippen LogP contribution in [0.5, 0.6) is 0 Å². The number of rotatable bonds is 0. The predicted octanol–water partition coefficient (Wildman–Crippen LogP) is 2.49. The molecule has 0 aromatic carbocycles. The molecule has 3 aliphatic carbocycles. The van der Waals surface area contributed by atoms with Gasteiger partial charge in [0.15, 0.2) is 0 Å². The molecule has 0 aromatic heterocycles. The van der Waals surface area contributed by atoms with Crippen molar-refractivity contribution in [3.63, 3.8) is 0 Å². The van der Waals surface area contributed by atoms with E-state index in [0.29, 0.717) is 17.6 Å². The van der Waals surface area contributed by atoms with Gasteiger partial charge in [-0.05, 0) is 30.6 Å². The molecule has 2 saturated carbocycles. The number of fused-ring (bicyclic) bond motifs is 5. The average molecular weight is 174 g/mol. The Balaban J connectivity index is 1.99. The fourth-order valence-electron chi connectivity index (χ4n) is 3.31. The van der Waals surface area contributed by atoms with Crippen LogP contribution in [0, 0.1) is 17.8 Å². The monoisotopic (exact) mass is 174 g/mol. The van der Waals surface area contributed by atoms with E-state index >= 15 is 0 Å². The third kappa shape index (κ3) is 1.03. The van der Waals surface area contributed by atoms with Crippen molar-refractivity contribution < 1.29 is 4.79 Å². The van der Waals surface area contributed by atoms with Crippen molar-refractivity contribution in [3.8, 4) is 0 Å². The van der Waals surface area contributed by atoms with Crippen LogP contribution in [-0.2, 0) is 4.79 Å². The minimum Gasteiger partial charge on any atom is -0.300 e. The van der Waals surface area contributed by atoms with Gasteiger partial charge in [-0.1, -0.05) is 23.8 Å². The Hall–Kier alpha value is -0.850. The second-order valence-electron chi connectivity index (χ2n) is 4.58. The van der Waals surface area contributed by atoms with Crippen LogP contribution in [0.25, 0.3) is 0 Å². The Morgan fingerprint density at radius 2 is 2.23 bits per heavy atom. The molecule has 3 atom stereocenters. The fourth-order valence-corrected chi connectivity index (χ4v) is 3.31. The Labute approximate surface area is 78.5 Å². The van der Waals surface area contributed by atoms with Gasteiger partial charge in [0.2, 0.25) is 0 Å². The molecule has 0 N–H and O–H groups in total. The first kappa shape index (κ1) is 7.54. The van der Waals surface area contributed by atoms with E-state index in [1.54, 1.807) is 5.57 Å². The van der Waals surface area contributed by atoms with Gasteiger partial charge in [-0.3, -0.25) is 4.79 Å². The van der Waals surface area contributed by atoms with Crippen LogP contribution in [0.1, 0.15) is 25.7 Å². The highest BCUT2D eigenvalue weighted by Gasteiger charge is 2.43. The molecular formula is C12H14O. The van der Waals surface area contributed by atoms with Crippen LogP contribution in [0.2, 0.25) is 0 Å². The first-order chi connectivity index (χ1) is 6.34. The average Bonchev–Trinajstić information content (AvgIpc) is 2.41. The largest absolute Gasteiger partial charge is 0.300 e. The van der Waals surface area contributed by atoms with Gasteiger partial charge in [-0.15, -0.1) is 0 Å². The van der Waals surface area contributed by atoms with Crippen molar-refractivity contribution in [2.75, 3.05) is 0 Å². The maximum absolute atomic E-state index is 11.4. The van der Waals surface area contributed by atoms with E-state index in [4.69, 9.17) is 0 Å². The molecule has 0 spiro atoms. The molecule has 0 aliphatic heterocycles. The molecule has 2 bridgehead atoms. The molecule has 0 unspecified atom stereocenters. The molecule has 2 fully saturated rings. The highest BCUT2D eigenvalue weighted by molar-refractivity contribution is 5.81. The van der Waals surface area contributed by atoms with Crippen molar-refractivity contribution >= 4 is 5.78 Å². The minimum atomic E-state index is 0.497. The number of carbonyl (C=O) groups is 1. The molecule has 3 rings (SSSR count). The van der Waals surface area contributed by atoms with Gasteiger partial charge < -0.3 is 0 Å². The minimum absolute atomic E-state index is 0.497. The van der Waals surface area contributed by atoms with Crippen LogP contribution in [0.3, 0.4) is 0 Å². The van der Waals surface area contributed by atoms with E-state index in [1.807, 2.05) is 0 Å². The number of allylic oxidation sites excluding steroid dienone is 4. The highest BCUT2D eigenvalue weighted by Crippen LogP contribution is 2.50. The quantitative estimate of drug-likeness (QED) is 0.551. The molecule has 0 radical (unpaired) electrons. The summed E-state index contributed by atoms with van der Waals surface area (Å²) in [5.41, 5.74) is 1.58. The van der Waals surface area contributed by atoms with Crippen molar-refractivity contribution in [2.45, 2.75) is 25.7 Å². The summed E-state index contributed by atoms with van der Waals surface area (Å²) < 4.78 is 0. The molecular weight excluding hydrogens is 160 g/mol. The Bertz CT molecular complexity index is 311. The van der Waals surface area contributed by atoms with Crippen LogP contribution >= 0.6 is 0 Å². The molecule has 1 nitrogen and oxygen atoms in total. The van der Waals surface area contributed by atoms with Crippen molar-refractivity contribution in [3.05, 3.63) is 23.8 Å². The lowest BCUT2D eigenvalue weighted by Crippen LogP contribution is -2.16. The summed E-state index contributed by atoms with van der Waals surface area (Å²) in [6, 6.07) is 0. The molecule has 0 heterocycles. The summed E-state index contributed by atoms with van der Waals surface area (Å²) >= 11 is 0. The van der Waals surface area contributed by atoms with Crippen molar-refractivity contribution in [1.29, 1.82) is 0 Å². The number of ketones is 1. The van der Waals surface area contributed by atoms with Gasteiger partial charge >= 0.3 is 0 Å². The summed E-state index contributed by atoms with van der Waals surface area (Å²) in [5, 5.41) is 0. The molecule has 1 heteroatoms. The molecule has 0 aromatic rings. The van der Waals surface area contributed by atoms with Crippen LogP contribution in [0.15, 0.2) is 23.8 Å². The van der Waals surface area contributed by atoms with E-state index in [1.165, 1.54) is 12.8 Å². The summed E-state index contributed by atoms with van der Waals surface area (Å²) in [5.74, 6) is 2.52. The SMILES string of the molecule is O=C1C[C@@H]2C[C@@H](C1)[C@H]1CC=CC=C21. The van der Waals surface area contributed by atoms with E-state index in [9.17, 15) is 4.79 Å². The molecule has 0 saturated heterocycles. The third-order valence-corrected chi connectivity index (χ3v) is 3.83. The van der Waals surface area contributed by atoms with Gasteiger partial charge in [0.1, 0.15) is 5.78 Å². The summed E-state index contributed by atoms with van der Waals surface area (Å²) in [6.45, 7) is 0. The number of hydrogen-bond donors (Lipinski definition) is 0. The zero-order valence-corrected chi connectivity index (χ0v) is 7.70. The topological polar surface area (TPSA) is 17.1 Å². The first-order valence-electron chi connectivity index (χ1n) is 5.23. The maximum Gasteiger partial charge on any atom is 0.133 e. The van der Waals surface area contributed by atoms with Crippen LogP contribution in [-0.4, -0.2) is 5.78 Å². The van der Waals surface area contributed by atoms with Crippen molar-refractivity contribution in [1.82, 2.24) is 0 Å². The lowest BCUT2D eigenvalue weighted by Gasteiger charge is -2.19. The molecule has 68 valence electrons. The van der Waals surface area contributed by atoms with Crippen LogP contribution in [0.4, 0.5) is 0 Å². The van der Waals surface area contributed by atoms with E-state index in [2.05, 4.69) is 18.2 Å². The van der Waals surface area contributed by atoms with Gasteiger partial charge in [0.05, 0.1) is 0 Å². The lowest BCUT2D eigenvalue weighted by atomic mass is 9.85. The standard InChI is InChI=1S/C12H14O/c13-10-6-8-5-9(7-10)12-4-2-1-3-11(8)12/h1-3,8-9,12H,4-7H2/t8-,9-,12+/m0/s1. The normalized spacial score (nSPS) is 41.7. The van der Waals surface area contributed by atoms with Gasteiger partial charge in [0, 0.05) is 12.8 Å². The van der Waals surface area contributed by atoms with Crippen molar-refractivity contribution in [2.24, 2.45) is 17.8 Å². The van der Waals surface area contributed by atoms with E-state index < -0.39 is 0 Å². The molecule has 13 heavy (non-hydrogen) atoms. The lowest BCUT2D eigenvalue weighted by molar-refractivity contribution is -0.121. The predicted molar refractivity (Wildman–Crippen MR) is 51.2 cm³/mol. The number of hydrogen-bond acceptors (Lipinski definition) is 1. The zero-order chi connectivity index (χ0) is 8.84. The smallest absolute Gasteiger partial charge is 0.133 e. The molecule has 0 amide bonds. The first-order valence-corrected chi connectivity index (χ1v) is 5.23. The summed E-state index contributed by atoms with van der Waals surface area (Å²) in [6.07, 6.45) is 10.8. The molecule has 3 aliphatic rings. The van der Waals surface area contributed by atoms with Gasteiger partial charge in [0.25, 0.3) is 0 Å². The maximum atomic E-state index is 11.4. The Morgan fingerprint density at radius 3 is 3.15 bits per heavy atom. The van der Waals surface area contributed by atoms with Gasteiger partial charge in [-0.25, -0.2) is 0 Å². The fraction of sp³-hybridized carbons (Fsp3) is 0.583. The zero-order valence-electron chi connectivity index (χ0n) is 7.70. The summed E-state index contributed by atoms with van der Waals surface area (Å²) in [4.78, 5) is 11.4. The number of Topliss-reactive ketones (excluding diaryl/α,β-unsaturated/α-hetero) is 1. The second kappa shape index (κ2) is 2.57. The third-order valence-electron chi connectivity index (χ3n) is 3.83. The number of carbonyl (C=O) groups excluding carboxylic acids is 1. The highest BCUT2D eigenvalue weighted by atomic mass is 16.1. The van der Waals surface area contributed by atoms with E-state index in [-0.39, 0.29) is 0 Å². The van der Waals surface area contributed by atoms with E-state index in [0.717, 1.165) is 18.8 Å². The van der Waals surface area contributed by atoms with Gasteiger partial charge in [-0.2, -0.15) is 0 Å². The Kier molecular flexibility index (Phi) is 1.49. The Morgan fingerprint density at radius 1 is 1.31 bits per heavy atom. The summed E-state index contributed by atoms with van der Waals surface area (Å²) in [7, 11) is 0. The van der Waals surface area contributed by atoms with Crippen LogP contribution < -0.4 is 0 Å².